The largest absolute Gasteiger partial charge is 0.386 e. The lowest BCUT2D eigenvalue weighted by molar-refractivity contribution is 0.103. The van der Waals surface area contributed by atoms with Gasteiger partial charge in [0.15, 0.2) is 0 Å². The van der Waals surface area contributed by atoms with Crippen LogP contribution < -0.4 is 0 Å². The van der Waals surface area contributed by atoms with Crippen LogP contribution in [0, 0.1) is 5.92 Å². The van der Waals surface area contributed by atoms with Gasteiger partial charge in [-0.05, 0) is 52.7 Å². The molecule has 4 heteroatoms. The minimum atomic E-state index is -0.468. The van der Waals surface area contributed by atoms with E-state index in [9.17, 15) is 5.11 Å². The molecular formula is C15H17BrN2O. The fourth-order valence-electron chi connectivity index (χ4n) is 2.96. The maximum Gasteiger partial charge on any atom is 0.100 e. The van der Waals surface area contributed by atoms with Gasteiger partial charge in [-0.1, -0.05) is 24.3 Å². The summed E-state index contributed by atoms with van der Waals surface area (Å²) in [5.41, 5.74) is 3.63. The summed E-state index contributed by atoms with van der Waals surface area (Å²) in [4.78, 5) is 0. The van der Waals surface area contributed by atoms with Gasteiger partial charge in [-0.25, -0.2) is 0 Å². The monoisotopic (exact) mass is 320 g/mol. The Morgan fingerprint density at radius 1 is 1.37 bits per heavy atom. The Balaban J connectivity index is 1.87. The molecule has 0 saturated heterocycles. The number of hydrogen-bond acceptors (Lipinski definition) is 2. The third kappa shape index (κ3) is 2.23. The number of fused-ring (bicyclic) bond motifs is 1. The van der Waals surface area contributed by atoms with E-state index in [-0.39, 0.29) is 5.92 Å². The highest BCUT2D eigenvalue weighted by molar-refractivity contribution is 9.10. The number of aryl methyl sites for hydroxylation is 1. The molecule has 0 saturated carbocycles. The molecule has 100 valence electrons. The molecule has 0 amide bonds. The Bertz CT molecular complexity index is 569. The summed E-state index contributed by atoms with van der Waals surface area (Å²) in [6.45, 7) is 2.82. The van der Waals surface area contributed by atoms with Gasteiger partial charge in [-0.15, -0.1) is 0 Å². The van der Waals surface area contributed by atoms with Gasteiger partial charge in [-0.2, -0.15) is 5.10 Å². The van der Waals surface area contributed by atoms with Crippen LogP contribution in [0.3, 0.4) is 0 Å². The molecule has 0 radical (unpaired) electrons. The highest BCUT2D eigenvalue weighted by Gasteiger charge is 2.31. The number of aliphatic hydroxyl groups is 1. The van der Waals surface area contributed by atoms with Crippen molar-refractivity contribution in [3.8, 4) is 0 Å². The van der Waals surface area contributed by atoms with E-state index < -0.39 is 6.10 Å². The molecule has 0 aliphatic heterocycles. The van der Waals surface area contributed by atoms with Crippen molar-refractivity contribution in [1.29, 1.82) is 0 Å². The molecule has 1 atom stereocenters. The molecule has 1 aromatic carbocycles. The summed E-state index contributed by atoms with van der Waals surface area (Å²) in [6.07, 6.45) is 3.19. The number of hydrogen-bond donors (Lipinski definition) is 1. The average molecular weight is 321 g/mol. The van der Waals surface area contributed by atoms with Crippen molar-refractivity contribution in [2.24, 2.45) is 5.92 Å². The van der Waals surface area contributed by atoms with Gasteiger partial charge in [0.05, 0.1) is 16.4 Å². The molecule has 0 spiro atoms. The van der Waals surface area contributed by atoms with Crippen molar-refractivity contribution in [1.82, 2.24) is 9.78 Å². The maximum absolute atomic E-state index is 10.7. The van der Waals surface area contributed by atoms with E-state index >= 15 is 0 Å². The fourth-order valence-corrected chi connectivity index (χ4v) is 3.49. The second-order valence-corrected chi connectivity index (χ2v) is 5.93. The molecule has 1 heterocycles. The zero-order valence-electron chi connectivity index (χ0n) is 10.9. The average Bonchev–Trinajstić information content (AvgIpc) is 3.01. The molecule has 1 unspecified atom stereocenters. The lowest BCUT2D eigenvalue weighted by Gasteiger charge is -2.19. The van der Waals surface area contributed by atoms with E-state index in [4.69, 9.17) is 0 Å². The summed E-state index contributed by atoms with van der Waals surface area (Å²) in [6, 6.07) is 8.46. The minimum absolute atomic E-state index is 0.246. The van der Waals surface area contributed by atoms with Crippen LogP contribution in [0.1, 0.15) is 29.8 Å². The molecule has 19 heavy (non-hydrogen) atoms. The van der Waals surface area contributed by atoms with E-state index in [2.05, 4.69) is 45.3 Å². The molecule has 1 aliphatic rings. The number of rotatable bonds is 3. The van der Waals surface area contributed by atoms with E-state index in [1.54, 1.807) is 6.20 Å². The Kier molecular flexibility index (Phi) is 3.46. The van der Waals surface area contributed by atoms with Gasteiger partial charge in [0.2, 0.25) is 0 Å². The number of benzene rings is 1. The number of aliphatic hydroxyl groups excluding tert-OH is 1. The van der Waals surface area contributed by atoms with Crippen LogP contribution in [-0.4, -0.2) is 14.9 Å². The Hall–Kier alpha value is -1.13. The first-order valence-corrected chi connectivity index (χ1v) is 7.46. The summed E-state index contributed by atoms with van der Waals surface area (Å²) >= 11 is 3.50. The van der Waals surface area contributed by atoms with E-state index in [1.165, 1.54) is 11.1 Å². The van der Waals surface area contributed by atoms with Gasteiger partial charge in [0, 0.05) is 6.54 Å². The second-order valence-electron chi connectivity index (χ2n) is 5.08. The summed E-state index contributed by atoms with van der Waals surface area (Å²) < 4.78 is 2.77. The van der Waals surface area contributed by atoms with Gasteiger partial charge < -0.3 is 5.11 Å². The van der Waals surface area contributed by atoms with Gasteiger partial charge in [0.1, 0.15) is 6.10 Å². The molecular weight excluding hydrogens is 304 g/mol. The zero-order chi connectivity index (χ0) is 13.4. The molecule has 3 rings (SSSR count). The lowest BCUT2D eigenvalue weighted by Crippen LogP contribution is -2.17. The van der Waals surface area contributed by atoms with Crippen LogP contribution in [0.2, 0.25) is 0 Å². The van der Waals surface area contributed by atoms with Crippen LogP contribution in [0.5, 0.6) is 0 Å². The molecule has 1 aliphatic carbocycles. The van der Waals surface area contributed by atoms with Gasteiger partial charge in [0.25, 0.3) is 0 Å². The predicted octanol–water partition coefficient (Wildman–Crippen LogP) is 3.11. The summed E-state index contributed by atoms with van der Waals surface area (Å²) in [5.74, 6) is 0.246. The Morgan fingerprint density at radius 3 is 2.58 bits per heavy atom. The standard InChI is InChI=1S/C15H17BrN2O/c1-2-18-14(13(16)9-17-18)15(19)12-7-10-5-3-4-6-11(10)8-12/h3-6,9,12,15,19H,2,7-8H2,1H3. The first-order chi connectivity index (χ1) is 9.20. The first kappa shape index (κ1) is 12.9. The fraction of sp³-hybridized carbons (Fsp3) is 0.400. The number of aromatic nitrogens is 2. The number of nitrogens with zero attached hydrogens (tertiary/aromatic N) is 2. The Morgan fingerprint density at radius 2 is 2.00 bits per heavy atom. The lowest BCUT2D eigenvalue weighted by atomic mass is 9.96. The van der Waals surface area contributed by atoms with Crippen molar-refractivity contribution in [2.45, 2.75) is 32.4 Å². The second kappa shape index (κ2) is 5.10. The Labute approximate surface area is 121 Å². The number of halogens is 1. The van der Waals surface area contributed by atoms with Crippen LogP contribution in [0.15, 0.2) is 34.9 Å². The summed E-state index contributed by atoms with van der Waals surface area (Å²) in [7, 11) is 0. The molecule has 2 aromatic rings. The SMILES string of the molecule is CCn1ncc(Br)c1C(O)C1Cc2ccccc2C1. The topological polar surface area (TPSA) is 38.0 Å². The summed E-state index contributed by atoms with van der Waals surface area (Å²) in [5, 5.41) is 15.0. The smallest absolute Gasteiger partial charge is 0.100 e. The van der Waals surface area contributed by atoms with Crippen LogP contribution in [-0.2, 0) is 19.4 Å². The van der Waals surface area contributed by atoms with Crippen LogP contribution in [0.25, 0.3) is 0 Å². The predicted molar refractivity (Wildman–Crippen MR) is 77.9 cm³/mol. The first-order valence-electron chi connectivity index (χ1n) is 6.66. The third-order valence-corrected chi connectivity index (χ3v) is 4.55. The third-order valence-electron chi connectivity index (χ3n) is 3.94. The molecule has 3 nitrogen and oxygen atoms in total. The van der Waals surface area contributed by atoms with Gasteiger partial charge >= 0.3 is 0 Å². The van der Waals surface area contributed by atoms with Crippen molar-refractivity contribution < 1.29 is 5.11 Å². The van der Waals surface area contributed by atoms with Crippen molar-refractivity contribution >= 4 is 15.9 Å². The van der Waals surface area contributed by atoms with Crippen molar-refractivity contribution in [3.63, 3.8) is 0 Å². The molecule has 0 fully saturated rings. The van der Waals surface area contributed by atoms with E-state index in [0.717, 1.165) is 29.6 Å². The highest BCUT2D eigenvalue weighted by atomic mass is 79.9. The van der Waals surface area contributed by atoms with Crippen molar-refractivity contribution in [2.75, 3.05) is 0 Å². The highest BCUT2D eigenvalue weighted by Crippen LogP contribution is 2.37. The molecule has 1 N–H and O–H groups in total. The van der Waals surface area contributed by atoms with Crippen LogP contribution in [0.4, 0.5) is 0 Å². The minimum Gasteiger partial charge on any atom is -0.386 e. The van der Waals surface area contributed by atoms with E-state index in [1.807, 2.05) is 11.6 Å². The quantitative estimate of drug-likeness (QED) is 0.943. The molecule has 0 bridgehead atoms. The normalized spacial score (nSPS) is 16.6. The van der Waals surface area contributed by atoms with Gasteiger partial charge in [-0.3, -0.25) is 4.68 Å². The van der Waals surface area contributed by atoms with Crippen molar-refractivity contribution in [3.05, 3.63) is 51.8 Å². The molecule has 1 aromatic heterocycles. The van der Waals surface area contributed by atoms with Crippen LogP contribution >= 0.6 is 15.9 Å². The zero-order valence-corrected chi connectivity index (χ0v) is 12.5. The van der Waals surface area contributed by atoms with E-state index in [0.29, 0.717) is 0 Å². The maximum atomic E-state index is 10.7.